The van der Waals surface area contributed by atoms with Crippen molar-refractivity contribution in [1.82, 2.24) is 0 Å². The van der Waals surface area contributed by atoms with Crippen LogP contribution in [0.2, 0.25) is 0 Å². The summed E-state index contributed by atoms with van der Waals surface area (Å²) in [5, 5.41) is 3.74. The number of fused-ring (bicyclic) bond motifs is 1. The van der Waals surface area contributed by atoms with Gasteiger partial charge in [-0.15, -0.1) is 0 Å². The normalized spacial score (nSPS) is 11.3. The fourth-order valence-corrected chi connectivity index (χ4v) is 3.99. The molecule has 1 aromatic heterocycles. The van der Waals surface area contributed by atoms with Gasteiger partial charge in [0.25, 0.3) is 0 Å². The molecule has 0 aliphatic heterocycles. The van der Waals surface area contributed by atoms with Crippen LogP contribution in [0, 0.1) is 0 Å². The van der Waals surface area contributed by atoms with Crippen molar-refractivity contribution in [3.8, 4) is 22.6 Å². The number of allylic oxidation sites excluding steroid dienone is 1. The highest BCUT2D eigenvalue weighted by atomic mass is 16.5. The largest absolute Gasteiger partial charge is 0.497 e. The molecule has 3 aromatic carbocycles. The Morgan fingerprint density at radius 2 is 1.70 bits per heavy atom. The Hall–Kier alpha value is -4.52. The van der Waals surface area contributed by atoms with Crippen molar-refractivity contribution in [3.05, 3.63) is 84.1 Å². The summed E-state index contributed by atoms with van der Waals surface area (Å²) in [6, 6.07) is 18.1. The molecule has 0 atom stereocenters. The van der Waals surface area contributed by atoms with E-state index in [0.29, 0.717) is 35.8 Å². The minimum atomic E-state index is -0.400. The van der Waals surface area contributed by atoms with E-state index in [1.807, 2.05) is 50.2 Å². The van der Waals surface area contributed by atoms with Gasteiger partial charge in [0.2, 0.25) is 5.91 Å². The number of furan rings is 1. The third-order valence-corrected chi connectivity index (χ3v) is 5.81. The van der Waals surface area contributed by atoms with E-state index in [0.717, 1.165) is 33.4 Å². The van der Waals surface area contributed by atoms with E-state index in [2.05, 4.69) is 5.32 Å². The van der Waals surface area contributed by atoms with Gasteiger partial charge >= 0.3 is 5.97 Å². The fraction of sp³-hybridized carbons (Fsp3) is 0.200. The Morgan fingerprint density at radius 1 is 0.973 bits per heavy atom. The topological polar surface area (TPSA) is 87.0 Å². The van der Waals surface area contributed by atoms with Crippen molar-refractivity contribution in [2.24, 2.45) is 0 Å². The number of benzene rings is 3. The van der Waals surface area contributed by atoms with E-state index in [1.54, 1.807) is 44.6 Å². The standard InChI is InChI=1S/C30H29NO6/c1-5-35-27-17-28-25(26(18-37-28)20-9-13-23(34-4)14-10-20)16-24(27)19(3)15-29(32)31-22-11-7-21(8-12-22)30(33)36-6-2/h7-18H,5-6H2,1-4H3,(H,31,32)/b19-15+. The second-order valence-corrected chi connectivity index (χ2v) is 8.27. The predicted octanol–water partition coefficient (Wildman–Crippen LogP) is 6.73. The molecule has 4 rings (SSSR count). The molecule has 0 saturated carbocycles. The number of amides is 1. The Labute approximate surface area is 215 Å². The molecule has 0 aliphatic rings. The lowest BCUT2D eigenvalue weighted by molar-refractivity contribution is -0.111. The molecular weight excluding hydrogens is 470 g/mol. The molecule has 1 heterocycles. The lowest BCUT2D eigenvalue weighted by Crippen LogP contribution is -2.09. The molecule has 4 aromatic rings. The van der Waals surface area contributed by atoms with Crippen LogP contribution in [0.5, 0.6) is 11.5 Å². The summed E-state index contributed by atoms with van der Waals surface area (Å²) in [7, 11) is 1.63. The van der Waals surface area contributed by atoms with Crippen LogP contribution < -0.4 is 14.8 Å². The number of ether oxygens (including phenoxy) is 3. The zero-order chi connectivity index (χ0) is 26.4. The van der Waals surface area contributed by atoms with Crippen LogP contribution in [-0.2, 0) is 9.53 Å². The smallest absolute Gasteiger partial charge is 0.338 e. The molecule has 0 radical (unpaired) electrons. The number of methoxy groups -OCH3 is 1. The quantitative estimate of drug-likeness (QED) is 0.203. The van der Waals surface area contributed by atoms with Gasteiger partial charge in [-0.3, -0.25) is 4.79 Å². The first-order valence-electron chi connectivity index (χ1n) is 12.0. The molecule has 7 nitrogen and oxygen atoms in total. The summed E-state index contributed by atoms with van der Waals surface area (Å²) >= 11 is 0. The highest BCUT2D eigenvalue weighted by Gasteiger charge is 2.16. The van der Waals surface area contributed by atoms with Crippen molar-refractivity contribution >= 4 is 34.1 Å². The van der Waals surface area contributed by atoms with Crippen molar-refractivity contribution in [1.29, 1.82) is 0 Å². The van der Waals surface area contributed by atoms with Crippen LogP contribution in [0.4, 0.5) is 5.69 Å². The number of nitrogens with one attached hydrogen (secondary N) is 1. The number of carbonyl (C=O) groups is 2. The molecular formula is C30H29NO6. The van der Waals surface area contributed by atoms with Crippen molar-refractivity contribution in [2.75, 3.05) is 25.6 Å². The first-order chi connectivity index (χ1) is 17.9. The van der Waals surface area contributed by atoms with Gasteiger partial charge in [0, 0.05) is 34.3 Å². The number of anilines is 1. The summed E-state index contributed by atoms with van der Waals surface area (Å²) in [5.41, 5.74) is 5.12. The second kappa shape index (κ2) is 11.5. The van der Waals surface area contributed by atoms with Crippen molar-refractivity contribution < 1.29 is 28.2 Å². The number of rotatable bonds is 9. The molecule has 0 aliphatic carbocycles. The molecule has 0 fully saturated rings. The number of esters is 1. The zero-order valence-electron chi connectivity index (χ0n) is 21.3. The Kier molecular flexibility index (Phi) is 7.93. The summed E-state index contributed by atoms with van der Waals surface area (Å²) in [5.74, 6) is 0.705. The summed E-state index contributed by atoms with van der Waals surface area (Å²) < 4.78 is 22.0. The average molecular weight is 500 g/mol. The number of hydrogen-bond donors (Lipinski definition) is 1. The monoisotopic (exact) mass is 499 g/mol. The first kappa shape index (κ1) is 25.6. The first-order valence-corrected chi connectivity index (χ1v) is 12.0. The van der Waals surface area contributed by atoms with E-state index >= 15 is 0 Å². The summed E-state index contributed by atoms with van der Waals surface area (Å²) in [4.78, 5) is 24.6. The Balaban J connectivity index is 1.62. The van der Waals surface area contributed by atoms with Gasteiger partial charge in [-0.05, 0) is 74.4 Å². The second-order valence-electron chi connectivity index (χ2n) is 8.27. The van der Waals surface area contributed by atoms with Gasteiger partial charge in [0.15, 0.2) is 0 Å². The zero-order valence-corrected chi connectivity index (χ0v) is 21.3. The minimum absolute atomic E-state index is 0.300. The molecule has 7 heteroatoms. The van der Waals surface area contributed by atoms with E-state index in [1.165, 1.54) is 6.08 Å². The lowest BCUT2D eigenvalue weighted by Gasteiger charge is -2.12. The van der Waals surface area contributed by atoms with Gasteiger partial charge in [0.05, 0.1) is 32.2 Å². The molecule has 0 saturated heterocycles. The Bertz CT molecular complexity index is 1430. The maximum atomic E-state index is 12.8. The van der Waals surface area contributed by atoms with E-state index in [-0.39, 0.29) is 5.91 Å². The van der Waals surface area contributed by atoms with Crippen LogP contribution in [-0.4, -0.2) is 32.2 Å². The molecule has 37 heavy (non-hydrogen) atoms. The van der Waals surface area contributed by atoms with Crippen LogP contribution in [0.1, 0.15) is 36.7 Å². The third-order valence-electron chi connectivity index (χ3n) is 5.81. The van der Waals surface area contributed by atoms with Gasteiger partial charge < -0.3 is 23.9 Å². The highest BCUT2D eigenvalue weighted by Crippen LogP contribution is 2.38. The van der Waals surface area contributed by atoms with Crippen molar-refractivity contribution in [3.63, 3.8) is 0 Å². The SMILES string of the molecule is CCOC(=O)c1ccc(NC(=O)/C=C(\C)c2cc3c(-c4ccc(OC)cc4)coc3cc2OCC)cc1. The van der Waals surface area contributed by atoms with Gasteiger partial charge in [-0.2, -0.15) is 0 Å². The Morgan fingerprint density at radius 3 is 2.35 bits per heavy atom. The van der Waals surface area contributed by atoms with Gasteiger partial charge in [0.1, 0.15) is 17.1 Å². The van der Waals surface area contributed by atoms with Crippen LogP contribution in [0.25, 0.3) is 27.7 Å². The maximum Gasteiger partial charge on any atom is 0.338 e. The number of carbonyl (C=O) groups excluding carboxylic acids is 2. The van der Waals surface area contributed by atoms with Crippen LogP contribution in [0.3, 0.4) is 0 Å². The van der Waals surface area contributed by atoms with E-state index in [4.69, 9.17) is 18.6 Å². The van der Waals surface area contributed by atoms with E-state index in [9.17, 15) is 9.59 Å². The van der Waals surface area contributed by atoms with Crippen molar-refractivity contribution in [2.45, 2.75) is 20.8 Å². The molecule has 0 spiro atoms. The van der Waals surface area contributed by atoms with Crippen LogP contribution >= 0.6 is 0 Å². The van der Waals surface area contributed by atoms with E-state index < -0.39 is 5.97 Å². The molecule has 190 valence electrons. The fourth-order valence-electron chi connectivity index (χ4n) is 3.99. The third kappa shape index (κ3) is 5.83. The van der Waals surface area contributed by atoms with Crippen LogP contribution in [0.15, 0.2) is 77.4 Å². The molecule has 1 N–H and O–H groups in total. The molecule has 1 amide bonds. The maximum absolute atomic E-state index is 12.8. The highest BCUT2D eigenvalue weighted by molar-refractivity contribution is 6.05. The van der Waals surface area contributed by atoms with Gasteiger partial charge in [-0.1, -0.05) is 12.1 Å². The summed E-state index contributed by atoms with van der Waals surface area (Å²) in [6.45, 7) is 6.29. The minimum Gasteiger partial charge on any atom is -0.497 e. The van der Waals surface area contributed by atoms with Gasteiger partial charge in [-0.25, -0.2) is 4.79 Å². The molecule has 0 bridgehead atoms. The summed E-state index contributed by atoms with van der Waals surface area (Å²) in [6.07, 6.45) is 3.24. The number of hydrogen-bond acceptors (Lipinski definition) is 6. The predicted molar refractivity (Wildman–Crippen MR) is 144 cm³/mol. The average Bonchev–Trinajstić information content (AvgIpc) is 3.31. The molecule has 0 unspecified atom stereocenters. The lowest BCUT2D eigenvalue weighted by atomic mass is 9.99.